The van der Waals surface area contributed by atoms with Gasteiger partial charge in [-0.25, -0.2) is 4.98 Å². The SMILES string of the molecule is Clc1ncc(COCC=Cc2ccccc2)s1. The van der Waals surface area contributed by atoms with E-state index in [1.165, 1.54) is 16.9 Å². The molecular weight excluding hydrogens is 254 g/mol. The summed E-state index contributed by atoms with van der Waals surface area (Å²) in [6.45, 7) is 1.15. The minimum atomic E-state index is 0.559. The molecule has 0 aliphatic carbocycles. The number of halogens is 1. The third kappa shape index (κ3) is 4.30. The Hall–Kier alpha value is -1.16. The van der Waals surface area contributed by atoms with E-state index in [1.54, 1.807) is 6.20 Å². The molecule has 1 aromatic carbocycles. The molecule has 0 fully saturated rings. The lowest BCUT2D eigenvalue weighted by Gasteiger charge is -1.97. The van der Waals surface area contributed by atoms with Gasteiger partial charge in [0.25, 0.3) is 0 Å². The van der Waals surface area contributed by atoms with Crippen LogP contribution < -0.4 is 0 Å². The summed E-state index contributed by atoms with van der Waals surface area (Å²) in [5.41, 5.74) is 1.18. The molecule has 0 saturated carbocycles. The third-order valence-electron chi connectivity index (χ3n) is 2.09. The Morgan fingerprint density at radius 2 is 2.12 bits per heavy atom. The predicted molar refractivity (Wildman–Crippen MR) is 72.3 cm³/mol. The van der Waals surface area contributed by atoms with Crippen molar-refractivity contribution in [2.45, 2.75) is 6.61 Å². The maximum Gasteiger partial charge on any atom is 0.183 e. The number of hydrogen-bond acceptors (Lipinski definition) is 3. The zero-order valence-corrected chi connectivity index (χ0v) is 10.7. The first-order chi connectivity index (χ1) is 8.34. The Labute approximate surface area is 110 Å². The molecule has 0 spiro atoms. The van der Waals surface area contributed by atoms with Crippen molar-refractivity contribution >= 4 is 29.0 Å². The van der Waals surface area contributed by atoms with Crippen LogP contribution in [-0.2, 0) is 11.3 Å². The van der Waals surface area contributed by atoms with Crippen LogP contribution in [0.5, 0.6) is 0 Å². The van der Waals surface area contributed by atoms with E-state index in [1.807, 2.05) is 30.4 Å². The zero-order chi connectivity index (χ0) is 11.9. The smallest absolute Gasteiger partial charge is 0.183 e. The molecule has 0 atom stereocenters. The van der Waals surface area contributed by atoms with Crippen LogP contribution in [0.4, 0.5) is 0 Å². The average molecular weight is 266 g/mol. The van der Waals surface area contributed by atoms with Gasteiger partial charge in [0.05, 0.1) is 18.1 Å². The van der Waals surface area contributed by atoms with Gasteiger partial charge in [-0.15, -0.1) is 11.3 Å². The molecule has 0 saturated heterocycles. The molecule has 4 heteroatoms. The van der Waals surface area contributed by atoms with Gasteiger partial charge in [0.2, 0.25) is 0 Å². The van der Waals surface area contributed by atoms with Gasteiger partial charge in [-0.3, -0.25) is 0 Å². The Morgan fingerprint density at radius 1 is 1.29 bits per heavy atom. The number of aromatic nitrogens is 1. The van der Waals surface area contributed by atoms with Crippen LogP contribution in [0.2, 0.25) is 4.47 Å². The number of hydrogen-bond donors (Lipinski definition) is 0. The summed E-state index contributed by atoms with van der Waals surface area (Å²) in [6.07, 6.45) is 5.78. The highest BCUT2D eigenvalue weighted by Crippen LogP contribution is 2.18. The van der Waals surface area contributed by atoms with Gasteiger partial charge in [-0.2, -0.15) is 0 Å². The highest BCUT2D eigenvalue weighted by Gasteiger charge is 1.97. The van der Waals surface area contributed by atoms with Gasteiger partial charge in [0.1, 0.15) is 0 Å². The van der Waals surface area contributed by atoms with Gasteiger partial charge < -0.3 is 4.74 Å². The Balaban J connectivity index is 1.71. The topological polar surface area (TPSA) is 22.1 Å². The van der Waals surface area contributed by atoms with Crippen LogP contribution in [0.15, 0.2) is 42.6 Å². The quantitative estimate of drug-likeness (QED) is 0.762. The molecule has 1 aromatic heterocycles. The molecule has 0 amide bonds. The minimum absolute atomic E-state index is 0.559. The Morgan fingerprint density at radius 3 is 2.82 bits per heavy atom. The number of thiazole rings is 1. The molecule has 2 nitrogen and oxygen atoms in total. The van der Waals surface area contributed by atoms with E-state index in [2.05, 4.69) is 17.1 Å². The maximum absolute atomic E-state index is 5.72. The average Bonchev–Trinajstić information content (AvgIpc) is 2.76. The monoisotopic (exact) mass is 265 g/mol. The van der Waals surface area contributed by atoms with Crippen molar-refractivity contribution in [3.63, 3.8) is 0 Å². The number of nitrogens with zero attached hydrogens (tertiary/aromatic N) is 1. The first-order valence-corrected chi connectivity index (χ1v) is 6.43. The van der Waals surface area contributed by atoms with Crippen molar-refractivity contribution in [1.82, 2.24) is 4.98 Å². The normalized spacial score (nSPS) is 11.1. The van der Waals surface area contributed by atoms with Crippen LogP contribution in [0.25, 0.3) is 6.08 Å². The van der Waals surface area contributed by atoms with Crippen molar-refractivity contribution in [3.8, 4) is 0 Å². The van der Waals surface area contributed by atoms with E-state index in [0.717, 1.165) is 4.88 Å². The molecular formula is C13H12ClNOS. The first kappa shape index (κ1) is 12.3. The molecule has 0 unspecified atom stereocenters. The lowest BCUT2D eigenvalue weighted by atomic mass is 10.2. The van der Waals surface area contributed by atoms with E-state index in [-0.39, 0.29) is 0 Å². The van der Waals surface area contributed by atoms with Gasteiger partial charge in [0.15, 0.2) is 4.47 Å². The molecule has 2 aromatic rings. The van der Waals surface area contributed by atoms with Gasteiger partial charge >= 0.3 is 0 Å². The molecule has 0 aliphatic rings. The summed E-state index contributed by atoms with van der Waals surface area (Å²) in [7, 11) is 0. The summed E-state index contributed by atoms with van der Waals surface area (Å²) in [5.74, 6) is 0. The standard InChI is InChI=1S/C13H12ClNOS/c14-13-15-9-12(17-13)10-16-8-4-7-11-5-2-1-3-6-11/h1-7,9H,8,10H2. The van der Waals surface area contributed by atoms with Gasteiger partial charge in [-0.05, 0) is 5.56 Å². The number of ether oxygens (including phenoxy) is 1. The highest BCUT2D eigenvalue weighted by atomic mass is 35.5. The first-order valence-electron chi connectivity index (χ1n) is 5.24. The summed E-state index contributed by atoms with van der Waals surface area (Å²) in [4.78, 5) is 4.99. The molecule has 17 heavy (non-hydrogen) atoms. The zero-order valence-electron chi connectivity index (χ0n) is 9.17. The molecule has 0 aliphatic heterocycles. The number of benzene rings is 1. The molecule has 0 bridgehead atoms. The van der Waals surface area contributed by atoms with E-state index < -0.39 is 0 Å². The van der Waals surface area contributed by atoms with Crippen molar-refractivity contribution in [3.05, 3.63) is 57.5 Å². The van der Waals surface area contributed by atoms with Crippen LogP contribution in [0.1, 0.15) is 10.4 Å². The largest absolute Gasteiger partial charge is 0.372 e. The predicted octanol–water partition coefficient (Wildman–Crippen LogP) is 4.03. The summed E-state index contributed by atoms with van der Waals surface area (Å²) >= 11 is 7.17. The van der Waals surface area contributed by atoms with E-state index in [0.29, 0.717) is 17.7 Å². The van der Waals surface area contributed by atoms with Crippen LogP contribution in [0.3, 0.4) is 0 Å². The lowest BCUT2D eigenvalue weighted by molar-refractivity contribution is 0.151. The fourth-order valence-electron chi connectivity index (χ4n) is 1.33. The van der Waals surface area contributed by atoms with Crippen LogP contribution in [-0.4, -0.2) is 11.6 Å². The molecule has 2 rings (SSSR count). The minimum Gasteiger partial charge on any atom is -0.372 e. The third-order valence-corrected chi connectivity index (χ3v) is 3.18. The van der Waals surface area contributed by atoms with Gasteiger partial charge in [0, 0.05) is 6.20 Å². The van der Waals surface area contributed by atoms with Crippen LogP contribution >= 0.6 is 22.9 Å². The fourth-order valence-corrected chi connectivity index (χ4v) is 2.24. The van der Waals surface area contributed by atoms with E-state index in [9.17, 15) is 0 Å². The molecule has 0 radical (unpaired) electrons. The Bertz CT molecular complexity index is 481. The van der Waals surface area contributed by atoms with E-state index >= 15 is 0 Å². The summed E-state index contributed by atoms with van der Waals surface area (Å²) < 4.78 is 6.04. The van der Waals surface area contributed by atoms with Crippen molar-refractivity contribution in [1.29, 1.82) is 0 Å². The van der Waals surface area contributed by atoms with Crippen molar-refractivity contribution < 1.29 is 4.74 Å². The maximum atomic E-state index is 5.72. The van der Waals surface area contributed by atoms with Crippen molar-refractivity contribution in [2.24, 2.45) is 0 Å². The van der Waals surface area contributed by atoms with E-state index in [4.69, 9.17) is 16.3 Å². The molecule has 1 heterocycles. The summed E-state index contributed by atoms with van der Waals surface area (Å²) in [5, 5.41) is 0. The lowest BCUT2D eigenvalue weighted by Crippen LogP contribution is -1.89. The Kier molecular flexibility index (Phi) is 4.74. The fraction of sp³-hybridized carbons (Fsp3) is 0.154. The summed E-state index contributed by atoms with van der Waals surface area (Å²) in [6, 6.07) is 10.1. The van der Waals surface area contributed by atoms with Crippen LogP contribution in [0, 0.1) is 0 Å². The van der Waals surface area contributed by atoms with Crippen molar-refractivity contribution in [2.75, 3.05) is 6.61 Å². The molecule has 0 N–H and O–H groups in total. The molecule has 88 valence electrons. The second-order valence-corrected chi connectivity index (χ2v) is 5.11. The van der Waals surface area contributed by atoms with Gasteiger partial charge in [-0.1, -0.05) is 54.1 Å². The highest BCUT2D eigenvalue weighted by molar-refractivity contribution is 7.15. The second-order valence-electron chi connectivity index (χ2n) is 3.41. The second kappa shape index (κ2) is 6.55. The number of rotatable bonds is 5.